The minimum absolute atomic E-state index is 0.292. The van der Waals surface area contributed by atoms with Crippen LogP contribution >= 0.6 is 34.0 Å². The van der Waals surface area contributed by atoms with Crippen LogP contribution < -0.4 is 10.4 Å². The predicted octanol–water partition coefficient (Wildman–Crippen LogP) is 12.1. The minimum Gasteiger partial charge on any atom is -0.334 e. The molecule has 2 aliphatic rings. The van der Waals surface area contributed by atoms with Gasteiger partial charge in [-0.25, -0.2) is 0 Å². The molecule has 0 radical (unpaired) electrons. The number of amides is 1. The second kappa shape index (κ2) is 15.8. The summed E-state index contributed by atoms with van der Waals surface area (Å²) in [4.78, 5) is 24.8. The van der Waals surface area contributed by atoms with Crippen molar-refractivity contribution in [1.82, 2.24) is 4.90 Å². The molecule has 0 saturated heterocycles. The van der Waals surface area contributed by atoms with Gasteiger partial charge >= 0.3 is 0 Å². The summed E-state index contributed by atoms with van der Waals surface area (Å²) in [6.45, 7) is 18.2. The topological polar surface area (TPSA) is 20.3 Å². The molecule has 5 heterocycles. The number of aryl methyl sites for hydroxylation is 2. The van der Waals surface area contributed by atoms with Crippen molar-refractivity contribution in [3.63, 3.8) is 0 Å². The predicted molar refractivity (Wildman–Crippen MR) is 205 cm³/mol. The lowest BCUT2D eigenvalue weighted by Crippen LogP contribution is -2.56. The third-order valence-electron chi connectivity index (χ3n) is 11.0. The Labute approximate surface area is 288 Å². The second-order valence-corrected chi connectivity index (χ2v) is 21.8. The Morgan fingerprint density at radius 1 is 0.733 bits per heavy atom. The van der Waals surface area contributed by atoms with Crippen LogP contribution in [0.1, 0.15) is 144 Å². The molecule has 2 unspecified atom stereocenters. The van der Waals surface area contributed by atoms with Gasteiger partial charge in [-0.15, -0.1) is 34.0 Å². The number of thiophene rings is 3. The van der Waals surface area contributed by atoms with E-state index in [2.05, 4.69) is 76.8 Å². The first kappa shape index (κ1) is 35.1. The Balaban J connectivity index is 1.54. The summed E-state index contributed by atoms with van der Waals surface area (Å²) in [5.74, 6) is 1.91. The van der Waals surface area contributed by atoms with Crippen LogP contribution in [0.3, 0.4) is 0 Å². The Morgan fingerprint density at radius 3 is 1.96 bits per heavy atom. The molecule has 2 aliphatic heterocycles. The smallest absolute Gasteiger partial charge is 0.256 e. The summed E-state index contributed by atoms with van der Waals surface area (Å²) >= 11 is 5.98. The Kier molecular flexibility index (Phi) is 12.3. The molecule has 3 aromatic heterocycles. The molecule has 0 aromatic carbocycles. The van der Waals surface area contributed by atoms with Crippen LogP contribution in [0.4, 0.5) is 0 Å². The van der Waals surface area contributed by atoms with Gasteiger partial charge in [-0.1, -0.05) is 112 Å². The second-order valence-electron chi connectivity index (χ2n) is 14.3. The largest absolute Gasteiger partial charge is 0.334 e. The number of fused-ring (bicyclic) bond motifs is 4. The fourth-order valence-corrected chi connectivity index (χ4v) is 19.9. The van der Waals surface area contributed by atoms with Crippen LogP contribution in [-0.2, 0) is 6.54 Å². The highest BCUT2D eigenvalue weighted by molar-refractivity contribution is 7.32. The molecule has 6 heteroatoms. The van der Waals surface area contributed by atoms with Crippen LogP contribution in [0.2, 0.25) is 12.1 Å². The van der Waals surface area contributed by atoms with E-state index in [1.165, 1.54) is 114 Å². The van der Waals surface area contributed by atoms with E-state index in [4.69, 9.17) is 0 Å². The normalized spacial score (nSPS) is 18.5. The van der Waals surface area contributed by atoms with E-state index in [0.29, 0.717) is 5.91 Å². The van der Waals surface area contributed by atoms with Crippen molar-refractivity contribution in [1.29, 1.82) is 0 Å². The number of carbonyl (C=O) groups is 1. The molecule has 0 fully saturated rings. The van der Waals surface area contributed by atoms with E-state index in [-0.39, 0.29) is 0 Å². The fourth-order valence-electron chi connectivity index (χ4n) is 8.28. The zero-order chi connectivity index (χ0) is 32.1. The SMILES string of the molecule is CCCCCCCN1Cc2c(C)sc(-c3cc4c(s3)-c3sc(C)cc3[Si]4(CC(CC)CCCC)CC(CC)CCCC)c2C1=O. The van der Waals surface area contributed by atoms with Crippen LogP contribution in [0, 0.1) is 25.7 Å². The minimum atomic E-state index is -1.98. The summed E-state index contributed by atoms with van der Waals surface area (Å²) in [6.07, 6.45) is 16.9. The van der Waals surface area contributed by atoms with Gasteiger partial charge in [0.05, 0.1) is 10.4 Å². The van der Waals surface area contributed by atoms with Crippen molar-refractivity contribution in [3.8, 4) is 19.5 Å². The van der Waals surface area contributed by atoms with Crippen LogP contribution in [-0.4, -0.2) is 25.4 Å². The van der Waals surface area contributed by atoms with E-state index in [1.54, 1.807) is 20.1 Å². The maximum Gasteiger partial charge on any atom is 0.256 e. The summed E-state index contributed by atoms with van der Waals surface area (Å²) in [6, 6.07) is 8.10. The van der Waals surface area contributed by atoms with Crippen LogP contribution in [0.5, 0.6) is 0 Å². The molecule has 2 nitrogen and oxygen atoms in total. The number of hydrogen-bond donors (Lipinski definition) is 0. The average molecular weight is 682 g/mol. The summed E-state index contributed by atoms with van der Waals surface area (Å²) < 4.78 is 0. The highest BCUT2D eigenvalue weighted by Crippen LogP contribution is 2.50. The third-order valence-corrected chi connectivity index (χ3v) is 20.4. The number of nitrogens with zero attached hydrogens (tertiary/aromatic N) is 1. The van der Waals surface area contributed by atoms with Gasteiger partial charge in [0.15, 0.2) is 0 Å². The van der Waals surface area contributed by atoms with Crippen LogP contribution in [0.15, 0.2) is 12.1 Å². The molecule has 0 aliphatic carbocycles. The van der Waals surface area contributed by atoms with Gasteiger partial charge in [-0.2, -0.15) is 0 Å². The molecule has 2 atom stereocenters. The first-order chi connectivity index (χ1) is 21.8. The van der Waals surface area contributed by atoms with Crippen molar-refractivity contribution < 1.29 is 4.79 Å². The van der Waals surface area contributed by atoms with E-state index >= 15 is 0 Å². The monoisotopic (exact) mass is 681 g/mol. The first-order valence-corrected chi connectivity index (χ1v) is 23.3. The maximum absolute atomic E-state index is 13.9. The van der Waals surface area contributed by atoms with Crippen molar-refractivity contribution in [2.24, 2.45) is 11.8 Å². The molecular formula is C39H59NOS3Si. The average Bonchev–Trinajstić information content (AvgIpc) is 3.83. The molecule has 248 valence electrons. The third kappa shape index (κ3) is 7.15. The molecule has 1 amide bonds. The maximum atomic E-state index is 13.9. The summed E-state index contributed by atoms with van der Waals surface area (Å²) in [5.41, 5.74) is 2.36. The quantitative estimate of drug-likeness (QED) is 0.0911. The number of unbranched alkanes of at least 4 members (excludes halogenated alkanes) is 6. The van der Waals surface area contributed by atoms with Gasteiger partial charge in [-0.05, 0) is 72.3 Å². The van der Waals surface area contributed by atoms with Crippen molar-refractivity contribution in [2.45, 2.75) is 151 Å². The highest BCUT2D eigenvalue weighted by Gasteiger charge is 2.50. The standard InChI is InChI=1S/C39H59NOS3Si/c1-8-13-16-17-18-21-40-24-31-28(7)43-36(35(31)39(40)41)32-23-34-38(44-32)37-33(22-27(6)42-37)45(34,25-29(11-4)19-14-9-2)26-30(12-5)20-15-10-3/h22-23,29-30H,8-21,24-26H2,1-7H3. The molecule has 0 bridgehead atoms. The van der Waals surface area contributed by atoms with Gasteiger partial charge in [0.25, 0.3) is 5.91 Å². The Hall–Kier alpha value is -1.21. The van der Waals surface area contributed by atoms with Gasteiger partial charge in [-0.3, -0.25) is 4.79 Å². The van der Waals surface area contributed by atoms with Gasteiger partial charge in [0.1, 0.15) is 8.07 Å². The van der Waals surface area contributed by atoms with E-state index in [9.17, 15) is 4.79 Å². The van der Waals surface area contributed by atoms with Gasteiger partial charge < -0.3 is 4.90 Å². The Bertz CT molecular complexity index is 1410. The lowest BCUT2D eigenvalue weighted by Gasteiger charge is -2.35. The summed E-state index contributed by atoms with van der Waals surface area (Å²) in [5, 5.41) is 3.52. The molecule has 0 saturated carbocycles. The van der Waals surface area contributed by atoms with Crippen molar-refractivity contribution in [2.75, 3.05) is 6.54 Å². The summed E-state index contributed by atoms with van der Waals surface area (Å²) in [7, 11) is -1.98. The highest BCUT2D eigenvalue weighted by atomic mass is 32.1. The van der Waals surface area contributed by atoms with E-state index in [1.807, 2.05) is 22.7 Å². The number of rotatable bonds is 19. The molecule has 45 heavy (non-hydrogen) atoms. The molecule has 3 aromatic rings. The molecule has 0 N–H and O–H groups in total. The van der Waals surface area contributed by atoms with E-state index in [0.717, 1.165) is 36.9 Å². The zero-order valence-electron chi connectivity index (χ0n) is 29.4. The lowest BCUT2D eigenvalue weighted by molar-refractivity contribution is 0.0776. The van der Waals surface area contributed by atoms with Crippen LogP contribution in [0.25, 0.3) is 19.5 Å². The molecule has 5 rings (SSSR count). The first-order valence-electron chi connectivity index (χ1n) is 18.5. The number of carbonyl (C=O) groups excluding carboxylic acids is 1. The zero-order valence-corrected chi connectivity index (χ0v) is 32.9. The van der Waals surface area contributed by atoms with Gasteiger partial charge in [0, 0.05) is 37.5 Å². The van der Waals surface area contributed by atoms with E-state index < -0.39 is 8.07 Å². The molecule has 0 spiro atoms. The number of hydrogen-bond acceptors (Lipinski definition) is 4. The van der Waals surface area contributed by atoms with Gasteiger partial charge in [0.2, 0.25) is 0 Å². The molecular weight excluding hydrogens is 623 g/mol. The fraction of sp³-hybridized carbons (Fsp3) is 0.667. The lowest BCUT2D eigenvalue weighted by atomic mass is 10.0. The Morgan fingerprint density at radius 2 is 1.33 bits per heavy atom. The van der Waals surface area contributed by atoms with Crippen molar-refractivity contribution in [3.05, 3.63) is 33.0 Å². The van der Waals surface area contributed by atoms with Crippen molar-refractivity contribution >= 4 is 58.4 Å².